The van der Waals surface area contributed by atoms with Crippen molar-refractivity contribution in [3.8, 4) is 0 Å². The molecule has 0 amide bonds. The molecule has 0 radical (unpaired) electrons. The van der Waals surface area contributed by atoms with Crippen LogP contribution in [-0.2, 0) is 4.79 Å². The Hall–Kier alpha value is -0.330. The van der Waals surface area contributed by atoms with Gasteiger partial charge in [-0.3, -0.25) is 4.79 Å². The fourth-order valence-corrected chi connectivity index (χ4v) is 2.25. The van der Waals surface area contributed by atoms with Crippen LogP contribution in [0.1, 0.15) is 54.4 Å². The van der Waals surface area contributed by atoms with E-state index in [1.54, 1.807) is 0 Å². The molecule has 1 aliphatic rings. The second-order valence-corrected chi connectivity index (χ2v) is 6.06. The molecule has 13 heavy (non-hydrogen) atoms. The molecule has 0 saturated heterocycles. The van der Waals surface area contributed by atoms with Gasteiger partial charge in [0.15, 0.2) is 0 Å². The molecule has 0 aromatic heterocycles. The zero-order valence-corrected chi connectivity index (χ0v) is 9.82. The van der Waals surface area contributed by atoms with Crippen LogP contribution in [0.2, 0.25) is 0 Å². The second-order valence-electron chi connectivity index (χ2n) is 6.06. The summed E-state index contributed by atoms with van der Waals surface area (Å²) < 4.78 is 0. The van der Waals surface area contributed by atoms with E-state index in [9.17, 15) is 4.79 Å². The van der Waals surface area contributed by atoms with Gasteiger partial charge in [-0.05, 0) is 17.3 Å². The molecule has 0 aliphatic heterocycles. The summed E-state index contributed by atoms with van der Waals surface area (Å²) >= 11 is 0. The molecule has 0 N–H and O–H groups in total. The molecular weight excluding hydrogens is 160 g/mol. The Bertz CT molecular complexity index is 234. The topological polar surface area (TPSA) is 17.1 Å². The largest absolute Gasteiger partial charge is 0.299 e. The van der Waals surface area contributed by atoms with Crippen molar-refractivity contribution in [2.24, 2.45) is 16.2 Å². The minimum absolute atomic E-state index is 0.0926. The molecule has 0 heterocycles. The molecular formula is C12H22O. The van der Waals surface area contributed by atoms with Gasteiger partial charge in [0.05, 0.1) is 0 Å². The van der Waals surface area contributed by atoms with Crippen LogP contribution in [0.4, 0.5) is 0 Å². The van der Waals surface area contributed by atoms with E-state index < -0.39 is 0 Å². The van der Waals surface area contributed by atoms with Crippen molar-refractivity contribution in [3.05, 3.63) is 0 Å². The normalized spacial score (nSPS) is 30.2. The summed E-state index contributed by atoms with van der Waals surface area (Å²) in [6.45, 7) is 13.2. The van der Waals surface area contributed by atoms with Gasteiger partial charge in [0, 0.05) is 11.8 Å². The van der Waals surface area contributed by atoms with Gasteiger partial charge in [0.1, 0.15) is 5.78 Å². The van der Waals surface area contributed by atoms with Crippen LogP contribution in [0, 0.1) is 16.2 Å². The number of hydrogen-bond donors (Lipinski definition) is 0. The third kappa shape index (κ3) is 1.24. The highest BCUT2D eigenvalue weighted by molar-refractivity contribution is 5.86. The van der Waals surface area contributed by atoms with E-state index in [0.717, 1.165) is 12.8 Å². The van der Waals surface area contributed by atoms with E-state index in [1.165, 1.54) is 0 Å². The molecule has 1 fully saturated rings. The smallest absolute Gasteiger partial charge is 0.139 e. The van der Waals surface area contributed by atoms with Gasteiger partial charge >= 0.3 is 0 Å². The number of hydrogen-bond acceptors (Lipinski definition) is 1. The summed E-state index contributed by atoms with van der Waals surface area (Å²) in [4.78, 5) is 11.8. The van der Waals surface area contributed by atoms with Crippen molar-refractivity contribution in [2.75, 3.05) is 0 Å². The Labute approximate surface area is 81.9 Å². The maximum absolute atomic E-state index is 11.8. The highest BCUT2D eigenvalue weighted by Gasteiger charge is 2.54. The molecule has 0 spiro atoms. The highest BCUT2D eigenvalue weighted by Crippen LogP contribution is 2.57. The molecule has 1 saturated carbocycles. The SMILES string of the molecule is CC1(C)CCC(=O)C(C)(C)C1(C)C. The van der Waals surface area contributed by atoms with Crippen LogP contribution < -0.4 is 0 Å². The molecule has 1 aliphatic carbocycles. The molecule has 1 heteroatoms. The predicted octanol–water partition coefficient (Wildman–Crippen LogP) is 3.43. The van der Waals surface area contributed by atoms with E-state index in [2.05, 4.69) is 41.5 Å². The van der Waals surface area contributed by atoms with E-state index in [1.807, 2.05) is 0 Å². The van der Waals surface area contributed by atoms with Crippen LogP contribution in [-0.4, -0.2) is 5.78 Å². The van der Waals surface area contributed by atoms with Gasteiger partial charge in [-0.25, -0.2) is 0 Å². The van der Waals surface area contributed by atoms with Crippen LogP contribution in [0.3, 0.4) is 0 Å². The van der Waals surface area contributed by atoms with Gasteiger partial charge in [-0.2, -0.15) is 0 Å². The van der Waals surface area contributed by atoms with Crippen LogP contribution >= 0.6 is 0 Å². The van der Waals surface area contributed by atoms with Gasteiger partial charge in [-0.1, -0.05) is 41.5 Å². The van der Waals surface area contributed by atoms with E-state index in [4.69, 9.17) is 0 Å². The number of ketones is 1. The number of rotatable bonds is 0. The maximum Gasteiger partial charge on any atom is 0.139 e. The van der Waals surface area contributed by atoms with Crippen molar-refractivity contribution < 1.29 is 4.79 Å². The number of carbonyl (C=O) groups is 1. The lowest BCUT2D eigenvalue weighted by atomic mass is 9.48. The summed E-state index contributed by atoms with van der Waals surface area (Å²) in [6, 6.07) is 0. The second kappa shape index (κ2) is 2.59. The molecule has 0 bridgehead atoms. The van der Waals surface area contributed by atoms with Crippen molar-refractivity contribution >= 4 is 5.78 Å². The molecule has 76 valence electrons. The average Bonchev–Trinajstić information content (AvgIpc) is 1.97. The van der Waals surface area contributed by atoms with Gasteiger partial charge in [0.2, 0.25) is 0 Å². The first kappa shape index (κ1) is 10.7. The van der Waals surface area contributed by atoms with E-state index in [0.29, 0.717) is 5.78 Å². The lowest BCUT2D eigenvalue weighted by Crippen LogP contribution is -2.52. The molecule has 1 rings (SSSR count). The minimum Gasteiger partial charge on any atom is -0.299 e. The first-order valence-electron chi connectivity index (χ1n) is 5.16. The first-order chi connectivity index (χ1) is 5.63. The summed E-state index contributed by atoms with van der Waals surface area (Å²) in [5.74, 6) is 0.428. The molecule has 0 aromatic rings. The van der Waals surface area contributed by atoms with Gasteiger partial charge in [-0.15, -0.1) is 0 Å². The maximum atomic E-state index is 11.8. The zero-order valence-electron chi connectivity index (χ0n) is 9.82. The fourth-order valence-electron chi connectivity index (χ4n) is 2.25. The number of Topliss-reactive ketones (excluding diaryl/α,β-unsaturated/α-hetero) is 1. The summed E-state index contributed by atoms with van der Waals surface area (Å²) in [5, 5.41) is 0. The van der Waals surface area contributed by atoms with Crippen LogP contribution in [0.25, 0.3) is 0 Å². The lowest BCUT2D eigenvalue weighted by molar-refractivity contribution is -0.149. The predicted molar refractivity (Wildman–Crippen MR) is 55.6 cm³/mol. The van der Waals surface area contributed by atoms with Crippen molar-refractivity contribution in [1.29, 1.82) is 0 Å². The fraction of sp³-hybridized carbons (Fsp3) is 0.917. The Morgan fingerprint density at radius 1 is 1.00 bits per heavy atom. The summed E-state index contributed by atoms with van der Waals surface area (Å²) in [7, 11) is 0. The Morgan fingerprint density at radius 3 is 1.85 bits per heavy atom. The Balaban J connectivity index is 3.14. The molecule has 0 unspecified atom stereocenters. The average molecular weight is 182 g/mol. The monoisotopic (exact) mass is 182 g/mol. The third-order valence-corrected chi connectivity index (χ3v) is 4.93. The summed E-state index contributed by atoms with van der Waals surface area (Å²) in [6.07, 6.45) is 1.78. The van der Waals surface area contributed by atoms with Crippen LogP contribution in [0.5, 0.6) is 0 Å². The molecule has 0 atom stereocenters. The first-order valence-corrected chi connectivity index (χ1v) is 5.16. The van der Waals surface area contributed by atoms with Crippen molar-refractivity contribution in [1.82, 2.24) is 0 Å². The standard InChI is InChI=1S/C12H22O/c1-10(2)8-7-9(13)11(3,4)12(10,5)6/h7-8H2,1-6H3. The quantitative estimate of drug-likeness (QED) is 0.561. The van der Waals surface area contributed by atoms with E-state index in [-0.39, 0.29) is 16.2 Å². The summed E-state index contributed by atoms with van der Waals surface area (Å²) in [5.41, 5.74) is 0.189. The van der Waals surface area contributed by atoms with E-state index >= 15 is 0 Å². The van der Waals surface area contributed by atoms with Crippen molar-refractivity contribution in [2.45, 2.75) is 54.4 Å². The Morgan fingerprint density at radius 2 is 1.46 bits per heavy atom. The molecule has 1 nitrogen and oxygen atoms in total. The molecule has 0 aromatic carbocycles. The van der Waals surface area contributed by atoms with Crippen molar-refractivity contribution in [3.63, 3.8) is 0 Å². The third-order valence-electron chi connectivity index (χ3n) is 4.93. The lowest BCUT2D eigenvalue weighted by Gasteiger charge is -2.55. The Kier molecular flexibility index (Phi) is 2.14. The van der Waals surface area contributed by atoms with Crippen LogP contribution in [0.15, 0.2) is 0 Å². The number of carbonyl (C=O) groups excluding carboxylic acids is 1. The minimum atomic E-state index is -0.172. The highest BCUT2D eigenvalue weighted by atomic mass is 16.1. The van der Waals surface area contributed by atoms with Gasteiger partial charge in [0.25, 0.3) is 0 Å². The van der Waals surface area contributed by atoms with Gasteiger partial charge < -0.3 is 0 Å². The zero-order chi connectivity index (χ0) is 10.5.